The van der Waals surface area contributed by atoms with Crippen LogP contribution in [0, 0.1) is 0 Å². The van der Waals surface area contributed by atoms with Crippen molar-refractivity contribution >= 4 is 0 Å². The van der Waals surface area contributed by atoms with Crippen LogP contribution in [0.1, 0.15) is 32.4 Å². The first-order chi connectivity index (χ1) is 7.65. The summed E-state index contributed by atoms with van der Waals surface area (Å²) in [4.78, 5) is 0. The zero-order chi connectivity index (χ0) is 12.0. The van der Waals surface area contributed by atoms with Crippen molar-refractivity contribution in [2.75, 3.05) is 13.2 Å². The molecule has 0 spiro atoms. The number of para-hydroxylation sites is 1. The van der Waals surface area contributed by atoms with Gasteiger partial charge in [0.2, 0.25) is 0 Å². The molecular formula is C13H21NO2. The molecule has 0 aliphatic carbocycles. The molecule has 90 valence electrons. The lowest BCUT2D eigenvalue weighted by molar-refractivity contribution is 0.187. The second kappa shape index (κ2) is 6.51. The molecule has 0 heterocycles. The molecule has 0 saturated heterocycles. The summed E-state index contributed by atoms with van der Waals surface area (Å²) in [7, 11) is 0. The molecule has 0 aliphatic rings. The number of nitrogens with one attached hydrogen (secondary N) is 1. The van der Waals surface area contributed by atoms with Gasteiger partial charge in [-0.2, -0.15) is 0 Å². The number of hydrogen-bond acceptors (Lipinski definition) is 3. The second-order valence-corrected chi connectivity index (χ2v) is 3.95. The molecule has 0 amide bonds. The Bertz CT molecular complexity index is 313. The Labute approximate surface area is 97.4 Å². The van der Waals surface area contributed by atoms with E-state index < -0.39 is 0 Å². The summed E-state index contributed by atoms with van der Waals surface area (Å²) in [5.41, 5.74) is 1.13. The Morgan fingerprint density at radius 3 is 2.62 bits per heavy atom. The Morgan fingerprint density at radius 2 is 2.00 bits per heavy atom. The van der Waals surface area contributed by atoms with Crippen LogP contribution in [0.4, 0.5) is 0 Å². The monoisotopic (exact) mass is 223 g/mol. The molecule has 1 unspecified atom stereocenters. The molecule has 0 aromatic heterocycles. The van der Waals surface area contributed by atoms with E-state index in [1.54, 1.807) is 6.92 Å². The van der Waals surface area contributed by atoms with Crippen molar-refractivity contribution in [1.82, 2.24) is 5.32 Å². The van der Waals surface area contributed by atoms with Crippen LogP contribution >= 0.6 is 0 Å². The van der Waals surface area contributed by atoms with E-state index in [1.807, 2.05) is 31.2 Å². The maximum Gasteiger partial charge on any atom is 0.124 e. The molecule has 0 saturated carbocycles. The van der Waals surface area contributed by atoms with Crippen molar-refractivity contribution in [3.05, 3.63) is 29.8 Å². The molecule has 0 radical (unpaired) electrons. The van der Waals surface area contributed by atoms with Crippen LogP contribution in [0.3, 0.4) is 0 Å². The van der Waals surface area contributed by atoms with Crippen molar-refractivity contribution in [2.24, 2.45) is 0 Å². The third kappa shape index (κ3) is 3.83. The van der Waals surface area contributed by atoms with Gasteiger partial charge in [-0.25, -0.2) is 0 Å². The second-order valence-electron chi connectivity index (χ2n) is 3.95. The largest absolute Gasteiger partial charge is 0.494 e. The Morgan fingerprint density at radius 1 is 1.31 bits per heavy atom. The average molecular weight is 223 g/mol. The fraction of sp³-hybridized carbons (Fsp3) is 0.538. The van der Waals surface area contributed by atoms with Gasteiger partial charge >= 0.3 is 0 Å². The van der Waals surface area contributed by atoms with Crippen LogP contribution in [0.25, 0.3) is 0 Å². The van der Waals surface area contributed by atoms with Crippen molar-refractivity contribution in [3.8, 4) is 5.75 Å². The standard InChI is InChI=1S/C13H21NO2/c1-4-16-13-8-6-5-7-12(13)11(3)14-9-10(2)15/h5-8,10-11,14-15H,4,9H2,1-3H3/t10-,11?/m0/s1. The SMILES string of the molecule is CCOc1ccccc1C(C)NC[C@H](C)O. The Hall–Kier alpha value is -1.06. The van der Waals surface area contributed by atoms with E-state index in [4.69, 9.17) is 4.74 Å². The molecule has 16 heavy (non-hydrogen) atoms. The summed E-state index contributed by atoms with van der Waals surface area (Å²) in [5.74, 6) is 0.913. The minimum absolute atomic E-state index is 0.178. The Kier molecular flexibility index (Phi) is 5.29. The number of benzene rings is 1. The third-order valence-electron chi connectivity index (χ3n) is 2.40. The highest BCUT2D eigenvalue weighted by atomic mass is 16.5. The van der Waals surface area contributed by atoms with Gasteiger partial charge in [-0.15, -0.1) is 0 Å². The molecule has 3 nitrogen and oxygen atoms in total. The number of rotatable bonds is 6. The molecule has 1 aromatic carbocycles. The highest BCUT2D eigenvalue weighted by Crippen LogP contribution is 2.24. The van der Waals surface area contributed by atoms with Crippen LogP contribution < -0.4 is 10.1 Å². The summed E-state index contributed by atoms with van der Waals surface area (Å²) < 4.78 is 5.56. The number of aliphatic hydroxyl groups is 1. The van der Waals surface area contributed by atoms with E-state index in [1.165, 1.54) is 0 Å². The maximum atomic E-state index is 9.23. The molecule has 1 aromatic rings. The quantitative estimate of drug-likeness (QED) is 0.776. The predicted octanol–water partition coefficient (Wildman–Crippen LogP) is 2.12. The number of aliphatic hydroxyl groups excluding tert-OH is 1. The first kappa shape index (κ1) is 13.0. The van der Waals surface area contributed by atoms with Gasteiger partial charge in [-0.3, -0.25) is 0 Å². The zero-order valence-corrected chi connectivity index (χ0v) is 10.2. The smallest absolute Gasteiger partial charge is 0.124 e. The first-order valence-electron chi connectivity index (χ1n) is 5.78. The van der Waals surface area contributed by atoms with Crippen LogP contribution in [0.15, 0.2) is 24.3 Å². The minimum atomic E-state index is -0.332. The van der Waals surface area contributed by atoms with Crippen molar-refractivity contribution in [2.45, 2.75) is 32.9 Å². The molecular weight excluding hydrogens is 202 g/mol. The maximum absolute atomic E-state index is 9.23. The van der Waals surface area contributed by atoms with Crippen LogP contribution in [0.5, 0.6) is 5.75 Å². The lowest BCUT2D eigenvalue weighted by atomic mass is 10.1. The van der Waals surface area contributed by atoms with E-state index >= 15 is 0 Å². The minimum Gasteiger partial charge on any atom is -0.494 e. The summed E-state index contributed by atoms with van der Waals surface area (Å²) in [6.45, 7) is 7.07. The fourth-order valence-electron chi connectivity index (χ4n) is 1.58. The molecule has 0 fully saturated rings. The Balaban J connectivity index is 2.69. The normalized spacial score (nSPS) is 14.5. The van der Waals surface area contributed by atoms with E-state index in [-0.39, 0.29) is 12.1 Å². The highest BCUT2D eigenvalue weighted by Gasteiger charge is 2.10. The summed E-state index contributed by atoms with van der Waals surface area (Å²) in [6, 6.07) is 8.16. The highest BCUT2D eigenvalue weighted by molar-refractivity contribution is 5.35. The number of hydrogen-bond donors (Lipinski definition) is 2. The van der Waals surface area contributed by atoms with Gasteiger partial charge in [-0.1, -0.05) is 18.2 Å². The lowest BCUT2D eigenvalue weighted by Crippen LogP contribution is -2.27. The van der Waals surface area contributed by atoms with Gasteiger partial charge in [0.05, 0.1) is 12.7 Å². The van der Waals surface area contributed by atoms with Crippen LogP contribution in [-0.4, -0.2) is 24.4 Å². The molecule has 3 heteroatoms. The predicted molar refractivity (Wildman–Crippen MR) is 65.7 cm³/mol. The molecule has 2 atom stereocenters. The van der Waals surface area contributed by atoms with Gasteiger partial charge in [0.1, 0.15) is 5.75 Å². The van der Waals surface area contributed by atoms with Gasteiger partial charge in [0.25, 0.3) is 0 Å². The molecule has 0 bridgehead atoms. The van der Waals surface area contributed by atoms with E-state index in [9.17, 15) is 5.11 Å². The lowest BCUT2D eigenvalue weighted by Gasteiger charge is -2.18. The summed E-state index contributed by atoms with van der Waals surface area (Å²) in [6.07, 6.45) is -0.332. The van der Waals surface area contributed by atoms with Gasteiger partial charge in [-0.05, 0) is 26.8 Å². The number of ether oxygens (including phenoxy) is 1. The molecule has 2 N–H and O–H groups in total. The summed E-state index contributed by atoms with van der Waals surface area (Å²) in [5, 5.41) is 12.5. The molecule has 0 aliphatic heterocycles. The average Bonchev–Trinajstić information content (AvgIpc) is 2.27. The molecule has 1 rings (SSSR count). The van der Waals surface area contributed by atoms with Crippen molar-refractivity contribution in [3.63, 3.8) is 0 Å². The first-order valence-corrected chi connectivity index (χ1v) is 5.78. The van der Waals surface area contributed by atoms with Crippen LogP contribution in [0.2, 0.25) is 0 Å². The third-order valence-corrected chi connectivity index (χ3v) is 2.40. The van der Waals surface area contributed by atoms with Crippen molar-refractivity contribution in [1.29, 1.82) is 0 Å². The van der Waals surface area contributed by atoms with E-state index in [0.29, 0.717) is 13.2 Å². The van der Waals surface area contributed by atoms with Gasteiger partial charge < -0.3 is 15.2 Å². The van der Waals surface area contributed by atoms with Gasteiger partial charge in [0, 0.05) is 18.2 Å². The van der Waals surface area contributed by atoms with Gasteiger partial charge in [0.15, 0.2) is 0 Å². The zero-order valence-electron chi connectivity index (χ0n) is 10.2. The van der Waals surface area contributed by atoms with E-state index in [2.05, 4.69) is 12.2 Å². The fourth-order valence-corrected chi connectivity index (χ4v) is 1.58. The summed E-state index contributed by atoms with van der Waals surface area (Å²) >= 11 is 0. The van der Waals surface area contributed by atoms with Crippen LogP contribution in [-0.2, 0) is 0 Å². The topological polar surface area (TPSA) is 41.5 Å². The van der Waals surface area contributed by atoms with Crippen molar-refractivity contribution < 1.29 is 9.84 Å². The van der Waals surface area contributed by atoms with E-state index in [0.717, 1.165) is 11.3 Å².